The van der Waals surface area contributed by atoms with Gasteiger partial charge in [-0.3, -0.25) is 0 Å². The van der Waals surface area contributed by atoms with Crippen molar-refractivity contribution < 1.29 is 4.74 Å². The highest BCUT2D eigenvalue weighted by Gasteiger charge is 2.24. The number of ether oxygens (including phenoxy) is 1. The quantitative estimate of drug-likeness (QED) is 0.889. The van der Waals surface area contributed by atoms with E-state index in [-0.39, 0.29) is 0 Å². The molecule has 1 fully saturated rings. The Balaban J connectivity index is 1.58. The predicted molar refractivity (Wildman–Crippen MR) is 78.7 cm³/mol. The van der Waals surface area contributed by atoms with Crippen molar-refractivity contribution in [3.05, 3.63) is 29.8 Å². The van der Waals surface area contributed by atoms with Crippen molar-refractivity contribution in [2.45, 2.75) is 51.0 Å². The van der Waals surface area contributed by atoms with Crippen molar-refractivity contribution in [2.24, 2.45) is 5.92 Å². The maximum Gasteiger partial charge on any atom is 0.122 e. The van der Waals surface area contributed by atoms with Crippen LogP contribution >= 0.6 is 0 Å². The Morgan fingerprint density at radius 1 is 1.21 bits per heavy atom. The van der Waals surface area contributed by atoms with Crippen LogP contribution in [0.15, 0.2) is 24.3 Å². The van der Waals surface area contributed by atoms with E-state index < -0.39 is 0 Å². The minimum atomic E-state index is 0.619. The van der Waals surface area contributed by atoms with Crippen LogP contribution in [0.2, 0.25) is 0 Å². The third-order valence-corrected chi connectivity index (χ3v) is 4.88. The summed E-state index contributed by atoms with van der Waals surface area (Å²) in [5, 5.41) is 3.78. The molecule has 1 aliphatic carbocycles. The topological polar surface area (TPSA) is 21.3 Å². The van der Waals surface area contributed by atoms with Crippen molar-refractivity contribution in [3.8, 4) is 5.75 Å². The van der Waals surface area contributed by atoms with Crippen molar-refractivity contribution >= 4 is 0 Å². The maximum absolute atomic E-state index is 5.73. The van der Waals surface area contributed by atoms with Gasteiger partial charge in [0.25, 0.3) is 0 Å². The zero-order valence-corrected chi connectivity index (χ0v) is 11.9. The predicted octanol–water partition coefficient (Wildman–Crippen LogP) is 3.72. The molecule has 1 aromatic rings. The first-order valence-corrected chi connectivity index (χ1v) is 7.79. The van der Waals surface area contributed by atoms with Crippen LogP contribution in [-0.2, 0) is 0 Å². The molecule has 1 unspecified atom stereocenters. The van der Waals surface area contributed by atoms with Crippen LogP contribution in [0, 0.1) is 5.92 Å². The summed E-state index contributed by atoms with van der Waals surface area (Å²) in [5.41, 5.74) is 1.39. The van der Waals surface area contributed by atoms with E-state index in [1.807, 2.05) is 0 Å². The number of benzene rings is 1. The van der Waals surface area contributed by atoms with Gasteiger partial charge >= 0.3 is 0 Å². The number of hydrogen-bond donors (Lipinski definition) is 1. The molecule has 1 heterocycles. The fourth-order valence-electron chi connectivity index (χ4n) is 3.58. The van der Waals surface area contributed by atoms with Gasteiger partial charge in [-0.15, -0.1) is 0 Å². The summed E-state index contributed by atoms with van der Waals surface area (Å²) in [4.78, 5) is 0. The Bertz CT molecular complexity index is 411. The van der Waals surface area contributed by atoms with E-state index in [0.717, 1.165) is 31.2 Å². The monoisotopic (exact) mass is 259 g/mol. The fourth-order valence-corrected chi connectivity index (χ4v) is 3.58. The molecule has 1 N–H and O–H groups in total. The van der Waals surface area contributed by atoms with E-state index in [2.05, 4.69) is 36.5 Å². The van der Waals surface area contributed by atoms with Gasteiger partial charge in [-0.1, -0.05) is 31.0 Å². The van der Waals surface area contributed by atoms with Gasteiger partial charge < -0.3 is 10.1 Å². The zero-order chi connectivity index (χ0) is 13.1. The highest BCUT2D eigenvalue weighted by atomic mass is 16.5. The van der Waals surface area contributed by atoms with Crippen LogP contribution in [0.4, 0.5) is 0 Å². The van der Waals surface area contributed by atoms with Crippen molar-refractivity contribution in [1.82, 2.24) is 5.32 Å². The van der Waals surface area contributed by atoms with E-state index in [9.17, 15) is 0 Å². The lowest BCUT2D eigenvalue weighted by Crippen LogP contribution is -2.36. The molecule has 0 saturated heterocycles. The third-order valence-electron chi connectivity index (χ3n) is 4.88. The van der Waals surface area contributed by atoms with Gasteiger partial charge in [0.2, 0.25) is 0 Å². The molecule has 0 aromatic heterocycles. The lowest BCUT2D eigenvalue weighted by molar-refractivity contribution is 0.258. The SMILES string of the molecule is C[C@@H](NCC1CCOc2ccccc21)C1CCCC1. The van der Waals surface area contributed by atoms with Gasteiger partial charge in [0.15, 0.2) is 0 Å². The number of rotatable bonds is 4. The van der Waals surface area contributed by atoms with Gasteiger partial charge in [-0.25, -0.2) is 0 Å². The number of nitrogens with one attached hydrogen (secondary N) is 1. The number of para-hydroxylation sites is 1. The van der Waals surface area contributed by atoms with Gasteiger partial charge in [-0.05, 0) is 43.7 Å². The fraction of sp³-hybridized carbons (Fsp3) is 0.647. The lowest BCUT2D eigenvalue weighted by Gasteiger charge is -2.28. The molecule has 2 aliphatic rings. The average Bonchev–Trinajstić information content (AvgIpc) is 2.99. The molecule has 1 aliphatic heterocycles. The molecule has 2 nitrogen and oxygen atoms in total. The lowest BCUT2D eigenvalue weighted by atomic mass is 9.92. The first-order chi connectivity index (χ1) is 9.34. The normalized spacial score (nSPS) is 24.8. The molecule has 19 heavy (non-hydrogen) atoms. The van der Waals surface area contributed by atoms with Crippen LogP contribution in [0.25, 0.3) is 0 Å². The van der Waals surface area contributed by atoms with Crippen LogP contribution < -0.4 is 10.1 Å². The van der Waals surface area contributed by atoms with E-state index in [4.69, 9.17) is 4.74 Å². The highest BCUT2D eigenvalue weighted by molar-refractivity contribution is 5.37. The summed E-state index contributed by atoms with van der Waals surface area (Å²) in [7, 11) is 0. The van der Waals surface area contributed by atoms with E-state index in [1.165, 1.54) is 31.2 Å². The molecule has 2 heteroatoms. The number of hydrogen-bond acceptors (Lipinski definition) is 2. The molecule has 0 radical (unpaired) electrons. The van der Waals surface area contributed by atoms with Crippen molar-refractivity contribution in [2.75, 3.05) is 13.2 Å². The van der Waals surface area contributed by atoms with Crippen LogP contribution in [-0.4, -0.2) is 19.2 Å². The first-order valence-electron chi connectivity index (χ1n) is 7.79. The summed E-state index contributed by atoms with van der Waals surface area (Å²) in [6.07, 6.45) is 6.83. The van der Waals surface area contributed by atoms with Gasteiger partial charge in [-0.2, -0.15) is 0 Å². The minimum Gasteiger partial charge on any atom is -0.493 e. The molecular weight excluding hydrogens is 234 g/mol. The van der Waals surface area contributed by atoms with Gasteiger partial charge in [0, 0.05) is 18.5 Å². The summed E-state index contributed by atoms with van der Waals surface area (Å²) in [6, 6.07) is 9.18. The van der Waals surface area contributed by atoms with Crippen LogP contribution in [0.5, 0.6) is 5.75 Å². The molecule has 1 saturated carbocycles. The summed E-state index contributed by atoms with van der Waals surface area (Å²) in [5.74, 6) is 2.61. The summed E-state index contributed by atoms with van der Waals surface area (Å²) >= 11 is 0. The Labute approximate surface area is 116 Å². The molecule has 1 aromatic carbocycles. The largest absolute Gasteiger partial charge is 0.493 e. The summed E-state index contributed by atoms with van der Waals surface area (Å²) in [6.45, 7) is 4.32. The Morgan fingerprint density at radius 2 is 2.00 bits per heavy atom. The van der Waals surface area contributed by atoms with Gasteiger partial charge in [0.1, 0.15) is 5.75 Å². The first kappa shape index (κ1) is 13.0. The third kappa shape index (κ3) is 2.94. The average molecular weight is 259 g/mol. The molecule has 104 valence electrons. The van der Waals surface area contributed by atoms with Crippen molar-refractivity contribution in [1.29, 1.82) is 0 Å². The molecule has 0 amide bonds. The van der Waals surface area contributed by atoms with Crippen LogP contribution in [0.3, 0.4) is 0 Å². The zero-order valence-electron chi connectivity index (χ0n) is 11.9. The second-order valence-corrected chi connectivity index (χ2v) is 6.11. The van der Waals surface area contributed by atoms with E-state index in [0.29, 0.717) is 12.0 Å². The molecule has 0 spiro atoms. The highest BCUT2D eigenvalue weighted by Crippen LogP contribution is 2.33. The van der Waals surface area contributed by atoms with Crippen molar-refractivity contribution in [3.63, 3.8) is 0 Å². The molecular formula is C17H25NO. The standard InChI is InChI=1S/C17H25NO/c1-13(14-6-2-3-7-14)18-12-15-10-11-19-17-9-5-4-8-16(15)17/h4-5,8-9,13-15,18H,2-3,6-7,10-12H2,1H3/t13-,15?/m1/s1. The number of fused-ring (bicyclic) bond motifs is 1. The van der Waals surface area contributed by atoms with E-state index >= 15 is 0 Å². The van der Waals surface area contributed by atoms with Gasteiger partial charge in [0.05, 0.1) is 6.61 Å². The molecule has 0 bridgehead atoms. The second-order valence-electron chi connectivity index (χ2n) is 6.11. The van der Waals surface area contributed by atoms with Crippen LogP contribution in [0.1, 0.15) is 50.5 Å². The summed E-state index contributed by atoms with van der Waals surface area (Å²) < 4.78 is 5.73. The Hall–Kier alpha value is -1.02. The second kappa shape index (κ2) is 5.96. The smallest absolute Gasteiger partial charge is 0.122 e. The molecule has 2 atom stereocenters. The molecule has 3 rings (SSSR count). The maximum atomic E-state index is 5.73. The Kier molecular flexibility index (Phi) is 4.07. The minimum absolute atomic E-state index is 0.619. The van der Waals surface area contributed by atoms with E-state index in [1.54, 1.807) is 0 Å². The Morgan fingerprint density at radius 3 is 2.84 bits per heavy atom.